The Bertz CT molecular complexity index is 1220. The van der Waals surface area contributed by atoms with Crippen LogP contribution in [0.1, 0.15) is 28.4 Å². The number of sulfonamides is 1. The van der Waals surface area contributed by atoms with E-state index in [0.29, 0.717) is 29.2 Å². The molecule has 0 bridgehead atoms. The van der Waals surface area contributed by atoms with Gasteiger partial charge in [0.05, 0.1) is 12.0 Å². The lowest BCUT2D eigenvalue weighted by molar-refractivity contribution is 0.122. The van der Waals surface area contributed by atoms with Crippen LogP contribution < -0.4 is 14.2 Å². The zero-order chi connectivity index (χ0) is 22.0. The first-order valence-corrected chi connectivity index (χ1v) is 11.0. The van der Waals surface area contributed by atoms with Gasteiger partial charge in [-0.15, -0.1) is 0 Å². The van der Waals surface area contributed by atoms with Crippen molar-refractivity contribution in [2.24, 2.45) is 0 Å². The van der Waals surface area contributed by atoms with Crippen molar-refractivity contribution in [1.29, 1.82) is 0 Å². The fourth-order valence-electron chi connectivity index (χ4n) is 3.38. The number of benzene rings is 3. The van der Waals surface area contributed by atoms with E-state index < -0.39 is 22.2 Å². The molecule has 0 radical (unpaired) electrons. The van der Waals surface area contributed by atoms with E-state index in [9.17, 15) is 13.2 Å². The summed E-state index contributed by atoms with van der Waals surface area (Å²) in [5.41, 5.74) is 3.00. The van der Waals surface area contributed by atoms with E-state index in [4.69, 9.17) is 14.2 Å². The quantitative estimate of drug-likeness (QED) is 0.658. The fraction of sp³-hybridized carbons (Fsp3) is 0.174. The number of hydrogen-bond donors (Lipinski definition) is 1. The minimum atomic E-state index is -4.08. The summed E-state index contributed by atoms with van der Waals surface area (Å²) in [5, 5.41) is 0. The number of methoxy groups -OCH3 is 1. The minimum Gasteiger partial charge on any atom is -0.497 e. The molecule has 7 nitrogen and oxygen atoms in total. The highest BCUT2D eigenvalue weighted by Gasteiger charge is 2.30. The summed E-state index contributed by atoms with van der Waals surface area (Å²) < 4.78 is 44.0. The summed E-state index contributed by atoms with van der Waals surface area (Å²) in [6.07, 6.45) is -1.96. The molecule has 0 saturated carbocycles. The summed E-state index contributed by atoms with van der Waals surface area (Å²) >= 11 is 0. The van der Waals surface area contributed by atoms with E-state index >= 15 is 0 Å². The second kappa shape index (κ2) is 8.31. The zero-order valence-corrected chi connectivity index (χ0v) is 17.8. The average molecular weight is 439 g/mol. The van der Waals surface area contributed by atoms with E-state index in [0.717, 1.165) is 11.1 Å². The number of aryl methyl sites for hydroxylation is 1. The largest absolute Gasteiger partial charge is 0.497 e. The zero-order valence-electron chi connectivity index (χ0n) is 17.0. The molecule has 1 N–H and O–H groups in total. The summed E-state index contributed by atoms with van der Waals surface area (Å²) in [7, 11) is -2.55. The van der Waals surface area contributed by atoms with Crippen molar-refractivity contribution in [2.45, 2.75) is 24.5 Å². The van der Waals surface area contributed by atoms with Crippen LogP contribution in [-0.4, -0.2) is 21.6 Å². The standard InChI is InChI=1S/C23H21NO6S/c1-15-7-10-18(11-8-15)31(26,27)24-23(25)30-22-19-6-4-3-5-16(19)14-29-21-12-9-17(28-2)13-20(21)22/h3-13,22H,14H2,1-2H3,(H,24,25)/t22-/m0/s1. The maximum Gasteiger partial charge on any atom is 0.422 e. The Morgan fingerprint density at radius 2 is 1.77 bits per heavy atom. The van der Waals surface area contributed by atoms with Gasteiger partial charge in [0, 0.05) is 11.1 Å². The van der Waals surface area contributed by atoms with Gasteiger partial charge in [-0.25, -0.2) is 17.9 Å². The van der Waals surface area contributed by atoms with Crippen LogP contribution in [0.2, 0.25) is 0 Å². The van der Waals surface area contributed by atoms with Crippen LogP contribution >= 0.6 is 0 Å². The van der Waals surface area contributed by atoms with Crippen LogP contribution in [0.3, 0.4) is 0 Å². The number of hydrogen-bond acceptors (Lipinski definition) is 6. The first kappa shape index (κ1) is 20.7. The maximum atomic E-state index is 12.7. The molecule has 0 spiro atoms. The van der Waals surface area contributed by atoms with E-state index in [1.807, 2.05) is 35.9 Å². The van der Waals surface area contributed by atoms with Gasteiger partial charge in [-0.3, -0.25) is 0 Å². The lowest BCUT2D eigenvalue weighted by Crippen LogP contribution is -2.32. The second-order valence-electron chi connectivity index (χ2n) is 7.10. The number of carbonyl (C=O) groups excluding carboxylic acids is 1. The Balaban J connectivity index is 1.67. The van der Waals surface area contributed by atoms with Crippen LogP contribution in [0.5, 0.6) is 11.5 Å². The minimum absolute atomic E-state index is 0.0262. The lowest BCUT2D eigenvalue weighted by Gasteiger charge is -2.20. The predicted octanol–water partition coefficient (Wildman–Crippen LogP) is 4.10. The Morgan fingerprint density at radius 1 is 1.03 bits per heavy atom. The molecule has 31 heavy (non-hydrogen) atoms. The fourth-order valence-corrected chi connectivity index (χ4v) is 4.26. The molecule has 160 valence electrons. The highest BCUT2D eigenvalue weighted by atomic mass is 32.2. The molecule has 0 fully saturated rings. The van der Waals surface area contributed by atoms with Crippen molar-refractivity contribution in [3.05, 3.63) is 89.0 Å². The summed E-state index contributed by atoms with van der Waals surface area (Å²) in [6, 6.07) is 18.7. The molecule has 1 amide bonds. The van der Waals surface area contributed by atoms with Crippen LogP contribution in [0.4, 0.5) is 4.79 Å². The number of fused-ring (bicyclic) bond motifs is 2. The molecule has 0 unspecified atom stereocenters. The summed E-state index contributed by atoms with van der Waals surface area (Å²) in [5.74, 6) is 1.08. The van der Waals surface area contributed by atoms with E-state index in [1.54, 1.807) is 30.3 Å². The highest BCUT2D eigenvalue weighted by molar-refractivity contribution is 7.90. The van der Waals surface area contributed by atoms with Gasteiger partial charge < -0.3 is 14.2 Å². The summed E-state index contributed by atoms with van der Waals surface area (Å²) in [4.78, 5) is 12.6. The number of rotatable bonds is 4. The van der Waals surface area contributed by atoms with Crippen molar-refractivity contribution in [1.82, 2.24) is 4.72 Å². The average Bonchev–Trinajstić information content (AvgIpc) is 2.90. The number of amides is 1. The Kier molecular flexibility index (Phi) is 5.56. The van der Waals surface area contributed by atoms with Gasteiger partial charge in [-0.05, 0) is 42.8 Å². The number of nitrogens with one attached hydrogen (secondary N) is 1. The van der Waals surface area contributed by atoms with Crippen molar-refractivity contribution in [3.8, 4) is 11.5 Å². The Hall–Kier alpha value is -3.52. The van der Waals surface area contributed by atoms with Gasteiger partial charge in [-0.1, -0.05) is 42.0 Å². The van der Waals surface area contributed by atoms with Crippen LogP contribution in [0.15, 0.2) is 71.6 Å². The van der Waals surface area contributed by atoms with E-state index in [2.05, 4.69) is 0 Å². The topological polar surface area (TPSA) is 90.9 Å². The molecular weight excluding hydrogens is 418 g/mol. The predicted molar refractivity (Wildman–Crippen MR) is 114 cm³/mol. The molecule has 1 heterocycles. The maximum absolute atomic E-state index is 12.7. The molecule has 0 aromatic heterocycles. The van der Waals surface area contributed by atoms with Crippen LogP contribution in [0, 0.1) is 6.92 Å². The first-order chi connectivity index (χ1) is 14.9. The van der Waals surface area contributed by atoms with Gasteiger partial charge in [0.25, 0.3) is 10.0 Å². The Morgan fingerprint density at radius 3 is 2.52 bits per heavy atom. The monoisotopic (exact) mass is 439 g/mol. The molecule has 3 aromatic carbocycles. The normalized spacial score (nSPS) is 15.0. The highest BCUT2D eigenvalue weighted by Crippen LogP contribution is 2.40. The third-order valence-electron chi connectivity index (χ3n) is 4.99. The molecule has 8 heteroatoms. The molecule has 3 aromatic rings. The van der Waals surface area contributed by atoms with Gasteiger partial charge in [0.1, 0.15) is 18.1 Å². The SMILES string of the molecule is COc1ccc2c(c1)[C@@H](OC(=O)NS(=O)(=O)c1ccc(C)cc1)c1ccccc1CO2. The van der Waals surface area contributed by atoms with Gasteiger partial charge in [0.2, 0.25) is 0 Å². The summed E-state index contributed by atoms with van der Waals surface area (Å²) in [6.45, 7) is 2.13. The van der Waals surface area contributed by atoms with E-state index in [1.165, 1.54) is 19.2 Å². The first-order valence-electron chi connectivity index (χ1n) is 9.56. The van der Waals surface area contributed by atoms with Gasteiger partial charge in [0.15, 0.2) is 6.10 Å². The second-order valence-corrected chi connectivity index (χ2v) is 8.78. The van der Waals surface area contributed by atoms with Crippen LogP contribution in [-0.2, 0) is 21.4 Å². The molecule has 0 aliphatic carbocycles. The number of ether oxygens (including phenoxy) is 3. The molecule has 1 atom stereocenters. The lowest BCUT2D eigenvalue weighted by atomic mass is 9.97. The van der Waals surface area contributed by atoms with E-state index in [-0.39, 0.29) is 4.90 Å². The third kappa shape index (κ3) is 4.34. The third-order valence-corrected chi connectivity index (χ3v) is 6.32. The molecule has 1 aliphatic heterocycles. The molecule has 1 aliphatic rings. The molecular formula is C23H21NO6S. The van der Waals surface area contributed by atoms with Crippen molar-refractivity contribution in [3.63, 3.8) is 0 Å². The van der Waals surface area contributed by atoms with Gasteiger partial charge in [-0.2, -0.15) is 0 Å². The molecule has 4 rings (SSSR count). The van der Waals surface area contributed by atoms with Crippen molar-refractivity contribution >= 4 is 16.1 Å². The smallest absolute Gasteiger partial charge is 0.422 e. The van der Waals surface area contributed by atoms with Crippen LogP contribution in [0.25, 0.3) is 0 Å². The Labute approximate surface area is 180 Å². The molecule has 0 saturated heterocycles. The van der Waals surface area contributed by atoms with Crippen molar-refractivity contribution in [2.75, 3.05) is 7.11 Å². The van der Waals surface area contributed by atoms with Crippen molar-refractivity contribution < 1.29 is 27.4 Å². The van der Waals surface area contributed by atoms with Gasteiger partial charge >= 0.3 is 6.09 Å². The number of carbonyl (C=O) groups is 1.